The van der Waals surface area contributed by atoms with Crippen LogP contribution in [0.3, 0.4) is 0 Å². The molecule has 0 radical (unpaired) electrons. The van der Waals surface area contributed by atoms with E-state index < -0.39 is 0 Å². The predicted molar refractivity (Wildman–Crippen MR) is 126 cm³/mol. The molecule has 1 saturated carbocycles. The summed E-state index contributed by atoms with van der Waals surface area (Å²) in [5, 5.41) is 14.8. The van der Waals surface area contributed by atoms with Gasteiger partial charge in [-0.1, -0.05) is 61.9 Å². The Morgan fingerprint density at radius 3 is 2.61 bits per heavy atom. The number of hydrogen-bond donors (Lipinski definition) is 1. The van der Waals surface area contributed by atoms with E-state index in [-0.39, 0.29) is 28.1 Å². The van der Waals surface area contributed by atoms with Crippen LogP contribution in [0.5, 0.6) is 0 Å². The highest BCUT2D eigenvalue weighted by molar-refractivity contribution is 8.05. The van der Waals surface area contributed by atoms with Crippen LogP contribution in [0.2, 0.25) is 0 Å². The third-order valence-corrected chi connectivity index (χ3v) is 7.27. The number of carbonyl (C=O) groups excluding carboxylic acids is 1. The topological polar surface area (TPSA) is 75.5 Å². The summed E-state index contributed by atoms with van der Waals surface area (Å²) < 4.78 is 0. The Hall–Kier alpha value is -2.80. The number of aryl methyl sites for hydroxylation is 1. The zero-order chi connectivity index (χ0) is 22.0. The fraction of sp³-hybridized carbons (Fsp3) is 0.375. The van der Waals surface area contributed by atoms with E-state index in [1.54, 1.807) is 25.1 Å². The Morgan fingerprint density at radius 1 is 1.16 bits per heavy atom. The first-order valence-corrected chi connectivity index (χ1v) is 11.6. The summed E-state index contributed by atoms with van der Waals surface area (Å²) in [5.41, 5.74) is 2.12. The maximum atomic E-state index is 13.5. The summed E-state index contributed by atoms with van der Waals surface area (Å²) in [4.78, 5) is 27.1. The van der Waals surface area contributed by atoms with Crippen molar-refractivity contribution in [2.45, 2.75) is 51.1 Å². The Balaban J connectivity index is 1.66. The van der Waals surface area contributed by atoms with E-state index in [1.165, 1.54) is 18.2 Å². The maximum absolute atomic E-state index is 13.5. The summed E-state index contributed by atoms with van der Waals surface area (Å²) in [6.45, 7) is 3.95. The van der Waals surface area contributed by atoms with E-state index in [4.69, 9.17) is 0 Å². The van der Waals surface area contributed by atoms with Crippen LogP contribution >= 0.6 is 11.8 Å². The number of nitro benzene ring substituents is 1. The van der Waals surface area contributed by atoms with Crippen molar-refractivity contribution in [2.75, 3.05) is 5.32 Å². The minimum absolute atomic E-state index is 0.000379. The van der Waals surface area contributed by atoms with Gasteiger partial charge in [-0.3, -0.25) is 14.9 Å². The fourth-order valence-corrected chi connectivity index (χ4v) is 5.64. The van der Waals surface area contributed by atoms with E-state index in [9.17, 15) is 14.9 Å². The molecule has 31 heavy (non-hydrogen) atoms. The number of rotatable bonds is 5. The van der Waals surface area contributed by atoms with E-state index >= 15 is 0 Å². The van der Waals surface area contributed by atoms with Crippen molar-refractivity contribution < 1.29 is 9.72 Å². The van der Waals surface area contributed by atoms with Crippen molar-refractivity contribution in [2.24, 2.45) is 5.92 Å². The van der Waals surface area contributed by atoms with Gasteiger partial charge in [0.1, 0.15) is 0 Å². The molecule has 1 aliphatic heterocycles. The van der Waals surface area contributed by atoms with Gasteiger partial charge in [0.2, 0.25) is 0 Å². The second kappa shape index (κ2) is 9.14. The first-order valence-electron chi connectivity index (χ1n) is 10.7. The molecule has 0 spiro atoms. The van der Waals surface area contributed by atoms with Crippen LogP contribution in [0.1, 0.15) is 43.7 Å². The molecule has 1 amide bonds. The first-order chi connectivity index (χ1) is 14.9. The second-order valence-electron chi connectivity index (χ2n) is 8.33. The molecule has 1 N–H and O–H groups in total. The van der Waals surface area contributed by atoms with Crippen molar-refractivity contribution in [1.82, 2.24) is 4.90 Å². The van der Waals surface area contributed by atoms with Crippen LogP contribution in [-0.4, -0.2) is 27.3 Å². The van der Waals surface area contributed by atoms with Crippen molar-refractivity contribution in [3.63, 3.8) is 0 Å². The second-order valence-corrected chi connectivity index (χ2v) is 9.46. The quantitative estimate of drug-likeness (QED) is 0.364. The van der Waals surface area contributed by atoms with E-state index in [0.717, 1.165) is 24.9 Å². The van der Waals surface area contributed by atoms with Gasteiger partial charge in [0.15, 0.2) is 5.50 Å². The van der Waals surface area contributed by atoms with Crippen LogP contribution in [-0.2, 0) is 4.79 Å². The molecular formula is C24H27N3O3S. The molecule has 0 aromatic heterocycles. The minimum Gasteiger partial charge on any atom is -0.356 e. The van der Waals surface area contributed by atoms with Crippen LogP contribution in [0.4, 0.5) is 11.4 Å². The number of thioether (sulfide) groups is 1. The van der Waals surface area contributed by atoms with Gasteiger partial charge in [-0.05, 0) is 49.5 Å². The smallest absolute Gasteiger partial charge is 0.272 e. The number of amides is 1. The van der Waals surface area contributed by atoms with Gasteiger partial charge >= 0.3 is 0 Å². The number of nitro groups is 1. The van der Waals surface area contributed by atoms with Crippen molar-refractivity contribution in [3.8, 4) is 0 Å². The number of nitrogens with one attached hydrogen (secondary N) is 1. The molecule has 2 aromatic carbocycles. The van der Waals surface area contributed by atoms with E-state index in [2.05, 4.69) is 12.2 Å². The third-order valence-electron chi connectivity index (χ3n) is 6.15. The standard InChI is InChI=1S/C24H27N3O3S/c1-16-8-6-7-11-20(16)26-23(28)22(31-24(26)25-19-9-4-3-5-10-19)15-18-13-12-17(2)21(14-18)27(29)30/h3-5,9-10,12-16,20,24-25H,6-8,11H2,1-2H3/b22-15-/t16-,20-,24?/m1/s1. The largest absolute Gasteiger partial charge is 0.356 e. The Kier molecular flexibility index (Phi) is 6.32. The highest BCUT2D eigenvalue weighted by atomic mass is 32.2. The predicted octanol–water partition coefficient (Wildman–Crippen LogP) is 5.79. The van der Waals surface area contributed by atoms with E-state index in [0.29, 0.717) is 21.9 Å². The van der Waals surface area contributed by atoms with Crippen molar-refractivity contribution in [1.29, 1.82) is 0 Å². The number of carbonyl (C=O) groups is 1. The molecule has 4 rings (SSSR count). The minimum atomic E-state index is -0.378. The number of nitrogens with zero attached hydrogens (tertiary/aromatic N) is 2. The monoisotopic (exact) mass is 437 g/mol. The molecule has 3 atom stereocenters. The van der Waals surface area contributed by atoms with Gasteiger partial charge in [0.05, 0.1) is 9.83 Å². The molecule has 6 nitrogen and oxygen atoms in total. The normalized spacial score (nSPS) is 25.1. The number of benzene rings is 2. The maximum Gasteiger partial charge on any atom is 0.272 e. The van der Waals surface area contributed by atoms with Crippen molar-refractivity contribution in [3.05, 3.63) is 74.7 Å². The third kappa shape index (κ3) is 4.61. The molecule has 1 heterocycles. The van der Waals surface area contributed by atoms with Gasteiger partial charge in [0.25, 0.3) is 11.6 Å². The molecule has 2 aromatic rings. The van der Waals surface area contributed by atoms with Crippen LogP contribution in [0.25, 0.3) is 6.08 Å². The average Bonchev–Trinajstić information content (AvgIpc) is 3.05. The summed E-state index contributed by atoms with van der Waals surface area (Å²) in [6, 6.07) is 15.2. The Labute approximate surface area is 186 Å². The molecule has 1 unspecified atom stereocenters. The van der Waals surface area contributed by atoms with Crippen LogP contribution in [0.15, 0.2) is 53.4 Å². The summed E-state index contributed by atoms with van der Waals surface area (Å²) >= 11 is 1.49. The van der Waals surface area contributed by atoms with Gasteiger partial charge < -0.3 is 10.2 Å². The molecule has 162 valence electrons. The molecule has 2 aliphatic rings. The number of hydrogen-bond acceptors (Lipinski definition) is 5. The van der Waals surface area contributed by atoms with Gasteiger partial charge in [-0.15, -0.1) is 0 Å². The van der Waals surface area contributed by atoms with Crippen LogP contribution in [0, 0.1) is 23.0 Å². The molecule has 7 heteroatoms. The van der Waals surface area contributed by atoms with Gasteiger partial charge in [0, 0.05) is 23.4 Å². The molecule has 1 aliphatic carbocycles. The number of para-hydroxylation sites is 1. The summed E-state index contributed by atoms with van der Waals surface area (Å²) in [6.07, 6.45) is 6.25. The summed E-state index contributed by atoms with van der Waals surface area (Å²) in [7, 11) is 0. The molecule has 1 saturated heterocycles. The number of anilines is 1. The highest BCUT2D eigenvalue weighted by Crippen LogP contribution is 2.42. The van der Waals surface area contributed by atoms with E-state index in [1.807, 2.05) is 41.3 Å². The lowest BCUT2D eigenvalue weighted by Gasteiger charge is -2.39. The fourth-order valence-electron chi connectivity index (χ4n) is 4.43. The van der Waals surface area contributed by atoms with Gasteiger partial charge in [-0.2, -0.15) is 0 Å². The molecule has 2 fully saturated rings. The molecular weight excluding hydrogens is 410 g/mol. The Bertz CT molecular complexity index is 1010. The first kappa shape index (κ1) is 21.4. The highest BCUT2D eigenvalue weighted by Gasteiger charge is 2.42. The molecule has 0 bridgehead atoms. The SMILES string of the molecule is Cc1ccc(/C=C2\SC(Nc3ccccc3)N([C@@H]3CCCC[C@H]3C)C2=O)cc1[N+](=O)[O-]. The zero-order valence-electron chi connectivity index (χ0n) is 17.8. The lowest BCUT2D eigenvalue weighted by molar-refractivity contribution is -0.385. The summed E-state index contributed by atoms with van der Waals surface area (Å²) in [5.74, 6) is 0.443. The lowest BCUT2D eigenvalue weighted by Crippen LogP contribution is -2.48. The van der Waals surface area contributed by atoms with Crippen molar-refractivity contribution >= 4 is 35.1 Å². The average molecular weight is 438 g/mol. The Morgan fingerprint density at radius 2 is 1.90 bits per heavy atom. The van der Waals surface area contributed by atoms with Gasteiger partial charge in [-0.25, -0.2) is 0 Å². The zero-order valence-corrected chi connectivity index (χ0v) is 18.6. The van der Waals surface area contributed by atoms with Crippen LogP contribution < -0.4 is 5.32 Å². The lowest BCUT2D eigenvalue weighted by atomic mass is 9.85.